The highest BCUT2D eigenvalue weighted by Crippen LogP contribution is 2.33. The highest BCUT2D eigenvalue weighted by atomic mass is 19.1. The van der Waals surface area contributed by atoms with Gasteiger partial charge in [0.15, 0.2) is 0 Å². The minimum Gasteiger partial charge on any atom is -0.330 e. The topological polar surface area (TPSA) is 68.2 Å². The summed E-state index contributed by atoms with van der Waals surface area (Å²) in [5.41, 5.74) is 4.36. The second-order valence-corrected chi connectivity index (χ2v) is 9.77. The maximum Gasteiger partial charge on any atom is 0.319 e. The van der Waals surface area contributed by atoms with Crippen LogP contribution in [-0.2, 0) is 19.3 Å². The van der Waals surface area contributed by atoms with Crippen LogP contribution in [0, 0.1) is 17.1 Å². The Morgan fingerprint density at radius 3 is 2.51 bits per heavy atom. The Hall–Kier alpha value is -3.69. The number of hydrogen-bond donors (Lipinski definition) is 2. The highest BCUT2D eigenvalue weighted by Gasteiger charge is 2.42. The van der Waals surface area contributed by atoms with E-state index >= 15 is 0 Å². The molecule has 2 N–H and O–H groups in total. The van der Waals surface area contributed by atoms with Crippen molar-refractivity contribution in [2.24, 2.45) is 0 Å². The zero-order valence-corrected chi connectivity index (χ0v) is 19.6. The van der Waals surface area contributed by atoms with Crippen molar-refractivity contribution in [1.82, 2.24) is 10.2 Å². The van der Waals surface area contributed by atoms with Gasteiger partial charge < -0.3 is 10.6 Å². The number of nitriles is 1. The van der Waals surface area contributed by atoms with Crippen molar-refractivity contribution in [2.45, 2.75) is 43.7 Å². The minimum atomic E-state index is -0.425. The third kappa shape index (κ3) is 5.36. The number of fused-ring (bicyclic) bond motifs is 1. The molecule has 1 aliphatic carbocycles. The van der Waals surface area contributed by atoms with Gasteiger partial charge in [0.05, 0.1) is 17.2 Å². The lowest BCUT2D eigenvalue weighted by atomic mass is 9.93. The molecule has 5 nitrogen and oxygen atoms in total. The lowest BCUT2D eigenvalue weighted by molar-refractivity contribution is 0.171. The SMILES string of the molecule is N#Cc1cccc(NC(=O)NC2(CN3CCCC3Cc3ccc(F)cc3)Cc3ccccc3C2)c1. The number of benzene rings is 3. The molecule has 35 heavy (non-hydrogen) atoms. The van der Waals surface area contributed by atoms with Gasteiger partial charge >= 0.3 is 6.03 Å². The van der Waals surface area contributed by atoms with Crippen molar-refractivity contribution in [3.63, 3.8) is 0 Å². The molecular formula is C29H29FN4O. The smallest absolute Gasteiger partial charge is 0.319 e. The van der Waals surface area contributed by atoms with E-state index in [1.807, 2.05) is 12.1 Å². The number of likely N-dealkylation sites (tertiary alicyclic amines) is 1. The van der Waals surface area contributed by atoms with Crippen LogP contribution in [0.25, 0.3) is 0 Å². The molecule has 1 heterocycles. The summed E-state index contributed by atoms with van der Waals surface area (Å²) in [6, 6.07) is 24.3. The van der Waals surface area contributed by atoms with Gasteiger partial charge in [0.1, 0.15) is 5.82 Å². The van der Waals surface area contributed by atoms with E-state index in [1.54, 1.807) is 24.3 Å². The van der Waals surface area contributed by atoms with Crippen LogP contribution >= 0.6 is 0 Å². The summed E-state index contributed by atoms with van der Waals surface area (Å²) in [5, 5.41) is 15.4. The molecule has 2 amide bonds. The first kappa shape index (κ1) is 23.1. The number of hydrogen-bond acceptors (Lipinski definition) is 3. The molecule has 1 aliphatic heterocycles. The second-order valence-electron chi connectivity index (χ2n) is 9.77. The second kappa shape index (κ2) is 9.89. The van der Waals surface area contributed by atoms with Crippen LogP contribution in [0.4, 0.5) is 14.9 Å². The lowest BCUT2D eigenvalue weighted by Crippen LogP contribution is -2.58. The van der Waals surface area contributed by atoms with Gasteiger partial charge in [0, 0.05) is 18.3 Å². The molecule has 1 saturated heterocycles. The first-order valence-corrected chi connectivity index (χ1v) is 12.2. The van der Waals surface area contributed by atoms with E-state index in [-0.39, 0.29) is 11.8 Å². The van der Waals surface area contributed by atoms with E-state index < -0.39 is 5.54 Å². The maximum atomic E-state index is 13.4. The number of carbonyl (C=O) groups excluding carboxylic acids is 1. The van der Waals surface area contributed by atoms with E-state index in [2.05, 4.69) is 45.9 Å². The average Bonchev–Trinajstić information content (AvgIpc) is 3.43. The van der Waals surface area contributed by atoms with E-state index in [9.17, 15) is 9.18 Å². The first-order chi connectivity index (χ1) is 17.0. The molecule has 1 fully saturated rings. The summed E-state index contributed by atoms with van der Waals surface area (Å²) in [4.78, 5) is 15.6. The van der Waals surface area contributed by atoms with Gasteiger partial charge in [-0.25, -0.2) is 9.18 Å². The van der Waals surface area contributed by atoms with Crippen LogP contribution in [0.3, 0.4) is 0 Å². The van der Waals surface area contributed by atoms with Gasteiger partial charge in [0.25, 0.3) is 0 Å². The molecule has 3 aromatic carbocycles. The molecule has 0 radical (unpaired) electrons. The van der Waals surface area contributed by atoms with Crippen molar-refractivity contribution >= 4 is 11.7 Å². The Labute approximate surface area is 205 Å². The molecule has 6 heteroatoms. The predicted octanol–water partition coefficient (Wildman–Crippen LogP) is 5.06. The van der Waals surface area contributed by atoms with Crippen LogP contribution in [0.15, 0.2) is 72.8 Å². The highest BCUT2D eigenvalue weighted by molar-refractivity contribution is 5.90. The third-order valence-corrected chi connectivity index (χ3v) is 7.19. The maximum absolute atomic E-state index is 13.4. The molecule has 0 aromatic heterocycles. The van der Waals surface area contributed by atoms with E-state index in [4.69, 9.17) is 5.26 Å². The fourth-order valence-corrected chi connectivity index (χ4v) is 5.62. The van der Waals surface area contributed by atoms with Crippen molar-refractivity contribution < 1.29 is 9.18 Å². The van der Waals surface area contributed by atoms with Crippen molar-refractivity contribution in [3.05, 3.63) is 101 Å². The number of anilines is 1. The van der Waals surface area contributed by atoms with Crippen LogP contribution in [0.5, 0.6) is 0 Å². The molecule has 0 saturated carbocycles. The van der Waals surface area contributed by atoms with Crippen molar-refractivity contribution in [1.29, 1.82) is 5.26 Å². The van der Waals surface area contributed by atoms with Crippen LogP contribution in [0.1, 0.15) is 35.1 Å². The number of urea groups is 1. The molecule has 0 spiro atoms. The Morgan fingerprint density at radius 1 is 1.06 bits per heavy atom. The Balaban J connectivity index is 1.33. The van der Waals surface area contributed by atoms with Crippen LogP contribution < -0.4 is 10.6 Å². The molecule has 1 unspecified atom stereocenters. The zero-order valence-electron chi connectivity index (χ0n) is 19.6. The van der Waals surface area contributed by atoms with Gasteiger partial charge in [-0.3, -0.25) is 4.90 Å². The summed E-state index contributed by atoms with van der Waals surface area (Å²) >= 11 is 0. The summed E-state index contributed by atoms with van der Waals surface area (Å²) in [6.07, 6.45) is 4.62. The van der Waals surface area contributed by atoms with Crippen molar-refractivity contribution in [3.8, 4) is 6.07 Å². The first-order valence-electron chi connectivity index (χ1n) is 12.2. The predicted molar refractivity (Wildman–Crippen MR) is 135 cm³/mol. The van der Waals surface area contributed by atoms with Crippen LogP contribution in [-0.4, -0.2) is 35.6 Å². The molecule has 5 rings (SSSR count). The van der Waals surface area contributed by atoms with Gasteiger partial charge in [-0.15, -0.1) is 0 Å². The largest absolute Gasteiger partial charge is 0.330 e. The molecule has 2 aliphatic rings. The third-order valence-electron chi connectivity index (χ3n) is 7.19. The fourth-order valence-electron chi connectivity index (χ4n) is 5.62. The van der Waals surface area contributed by atoms with Gasteiger partial charge in [-0.2, -0.15) is 5.26 Å². The quantitative estimate of drug-likeness (QED) is 0.531. The number of nitrogens with one attached hydrogen (secondary N) is 2. The molecule has 0 bridgehead atoms. The Bertz CT molecular complexity index is 1230. The van der Waals surface area contributed by atoms with Crippen LogP contribution in [0.2, 0.25) is 0 Å². The molecule has 178 valence electrons. The van der Waals surface area contributed by atoms with E-state index in [0.717, 1.165) is 50.8 Å². The molecular weight excluding hydrogens is 439 g/mol. The lowest BCUT2D eigenvalue weighted by Gasteiger charge is -2.37. The number of rotatable bonds is 6. The summed E-state index contributed by atoms with van der Waals surface area (Å²) in [7, 11) is 0. The summed E-state index contributed by atoms with van der Waals surface area (Å²) < 4.78 is 13.4. The van der Waals surface area contributed by atoms with E-state index in [0.29, 0.717) is 17.3 Å². The number of carbonyl (C=O) groups is 1. The number of halogens is 1. The molecule has 3 aromatic rings. The van der Waals surface area contributed by atoms with Crippen molar-refractivity contribution in [2.75, 3.05) is 18.4 Å². The van der Waals surface area contributed by atoms with Gasteiger partial charge in [-0.1, -0.05) is 42.5 Å². The Kier molecular flexibility index (Phi) is 6.52. The number of nitrogens with zero attached hydrogens (tertiary/aromatic N) is 2. The number of amides is 2. The molecule has 1 atom stereocenters. The normalized spacial score (nSPS) is 18.6. The Morgan fingerprint density at radius 2 is 1.80 bits per heavy atom. The minimum absolute atomic E-state index is 0.213. The van der Waals surface area contributed by atoms with Gasteiger partial charge in [0.2, 0.25) is 0 Å². The summed E-state index contributed by atoms with van der Waals surface area (Å²) in [6.45, 7) is 1.73. The van der Waals surface area contributed by atoms with E-state index in [1.165, 1.54) is 23.3 Å². The monoisotopic (exact) mass is 468 g/mol. The zero-order chi connectivity index (χ0) is 24.3. The average molecular weight is 469 g/mol. The standard InChI is InChI=1S/C29H29FN4O/c30-25-12-10-21(11-13-25)16-27-9-4-14-34(27)20-29(17-23-6-1-2-7-24(23)18-29)33-28(35)32-26-8-3-5-22(15-26)19-31/h1-3,5-8,10-13,15,27H,4,9,14,16-18,20H2,(H2,32,33,35). The fraction of sp³-hybridized carbons (Fsp3) is 0.310. The van der Waals surface area contributed by atoms with Gasteiger partial charge in [-0.05, 0) is 85.7 Å². The summed E-state index contributed by atoms with van der Waals surface area (Å²) in [5.74, 6) is -0.213.